The summed E-state index contributed by atoms with van der Waals surface area (Å²) in [6, 6.07) is 7.40. The Balaban J connectivity index is 1.42. The van der Waals surface area contributed by atoms with E-state index in [2.05, 4.69) is 16.9 Å². The van der Waals surface area contributed by atoms with Crippen molar-refractivity contribution in [3.63, 3.8) is 0 Å². The van der Waals surface area contributed by atoms with Crippen LogP contribution < -0.4 is 0 Å². The van der Waals surface area contributed by atoms with Crippen molar-refractivity contribution >= 4 is 9.84 Å². The monoisotopic (exact) mass is 486 g/mol. The lowest BCUT2D eigenvalue weighted by Gasteiger charge is -2.26. The molecule has 182 valence electrons. The Labute approximate surface area is 192 Å². The number of aromatic nitrogens is 2. The van der Waals surface area contributed by atoms with Crippen molar-refractivity contribution in [2.24, 2.45) is 0 Å². The van der Waals surface area contributed by atoms with Crippen molar-refractivity contribution in [1.82, 2.24) is 9.97 Å². The van der Waals surface area contributed by atoms with Gasteiger partial charge in [-0.1, -0.05) is 37.1 Å². The highest BCUT2D eigenvalue weighted by molar-refractivity contribution is 7.92. The predicted molar refractivity (Wildman–Crippen MR) is 117 cm³/mol. The number of alkyl halides is 3. The summed E-state index contributed by atoms with van der Waals surface area (Å²) in [5.74, 6) is 0.165. The van der Waals surface area contributed by atoms with E-state index in [9.17, 15) is 21.6 Å². The van der Waals surface area contributed by atoms with Gasteiger partial charge in [0.2, 0.25) is 0 Å². The van der Waals surface area contributed by atoms with Crippen LogP contribution in [0.15, 0.2) is 41.6 Å². The summed E-state index contributed by atoms with van der Waals surface area (Å²) in [7, 11) is -5.45. The molecular weight excluding hydrogens is 457 g/mol. The van der Waals surface area contributed by atoms with Crippen LogP contribution in [0.2, 0.25) is 0 Å². The highest BCUT2D eigenvalue weighted by atomic mass is 32.2. The lowest BCUT2D eigenvalue weighted by molar-refractivity contribution is -0.185. The second-order valence-corrected chi connectivity index (χ2v) is 10.2. The normalized spacial score (nSPS) is 18.2. The molecule has 2 unspecified atom stereocenters. The third-order valence-electron chi connectivity index (χ3n) is 5.55. The van der Waals surface area contributed by atoms with Gasteiger partial charge in [-0.05, 0) is 51.0 Å². The molecule has 3 rings (SSSR count). The smallest absolute Gasteiger partial charge is 0.353 e. The molecule has 0 N–H and O–H groups in total. The summed E-state index contributed by atoms with van der Waals surface area (Å²) >= 11 is 0. The number of ether oxygens (including phenoxy) is 2. The van der Waals surface area contributed by atoms with Crippen LogP contribution in [0.1, 0.15) is 57.4 Å². The van der Waals surface area contributed by atoms with Gasteiger partial charge in [-0.2, -0.15) is 13.2 Å². The zero-order chi connectivity index (χ0) is 23.9. The third kappa shape index (κ3) is 7.22. The van der Waals surface area contributed by atoms with E-state index >= 15 is 0 Å². The van der Waals surface area contributed by atoms with Crippen LogP contribution in [-0.4, -0.2) is 42.9 Å². The Morgan fingerprint density at radius 3 is 2.39 bits per heavy atom. The fraction of sp³-hybridized carbons (Fsp3) is 0.565. The van der Waals surface area contributed by atoms with Gasteiger partial charge in [0.1, 0.15) is 4.90 Å². The van der Waals surface area contributed by atoms with Crippen molar-refractivity contribution < 1.29 is 31.1 Å². The van der Waals surface area contributed by atoms with Crippen molar-refractivity contribution in [3.05, 3.63) is 42.2 Å². The topological polar surface area (TPSA) is 78.4 Å². The first-order valence-corrected chi connectivity index (χ1v) is 12.6. The zero-order valence-electron chi connectivity index (χ0n) is 18.6. The Hall–Kier alpha value is -2.04. The molecule has 2 heterocycles. The highest BCUT2D eigenvalue weighted by Gasteiger charge is 2.47. The molecule has 1 aliphatic rings. The van der Waals surface area contributed by atoms with Gasteiger partial charge < -0.3 is 9.47 Å². The number of hydrogen-bond donors (Lipinski definition) is 0. The summed E-state index contributed by atoms with van der Waals surface area (Å²) < 4.78 is 72.2. The molecule has 33 heavy (non-hydrogen) atoms. The van der Waals surface area contributed by atoms with E-state index in [0.717, 1.165) is 63.5 Å². The molecule has 2 aromatic rings. The minimum atomic E-state index is -5.45. The van der Waals surface area contributed by atoms with Gasteiger partial charge in [0.15, 0.2) is 12.1 Å². The van der Waals surface area contributed by atoms with Crippen molar-refractivity contribution in [1.29, 1.82) is 0 Å². The number of sulfone groups is 1. The predicted octanol–water partition coefficient (Wildman–Crippen LogP) is 5.47. The summed E-state index contributed by atoms with van der Waals surface area (Å²) in [4.78, 5) is 6.61. The summed E-state index contributed by atoms with van der Waals surface area (Å²) in [5, 5.41) is 0. The SMILES string of the molecule is CC(CCCCCc1ccc(-c2ncc(S(=O)(=O)C(F)(F)F)cn2)cc1)OC1CCCCO1. The lowest BCUT2D eigenvalue weighted by atomic mass is 10.0. The Morgan fingerprint density at radius 2 is 1.79 bits per heavy atom. The maximum atomic E-state index is 12.6. The molecular formula is C23H29F3N2O4S. The van der Waals surface area contributed by atoms with Crippen molar-refractivity contribution in [2.45, 2.75) is 81.1 Å². The van der Waals surface area contributed by atoms with Gasteiger partial charge in [-0.3, -0.25) is 0 Å². The number of aryl methyl sites for hydroxylation is 1. The molecule has 1 aliphatic heterocycles. The van der Waals surface area contributed by atoms with Gasteiger partial charge in [0.25, 0.3) is 9.84 Å². The van der Waals surface area contributed by atoms with Gasteiger partial charge in [-0.15, -0.1) is 0 Å². The second-order valence-electron chi connectivity index (χ2n) is 8.23. The zero-order valence-corrected chi connectivity index (χ0v) is 19.4. The van der Waals surface area contributed by atoms with E-state index in [4.69, 9.17) is 9.47 Å². The Bertz CT molecular complexity index is 974. The number of halogens is 3. The number of hydrogen-bond acceptors (Lipinski definition) is 6. The number of rotatable bonds is 10. The van der Waals surface area contributed by atoms with E-state index in [1.165, 1.54) is 0 Å². The Kier molecular flexibility index (Phi) is 8.83. The largest absolute Gasteiger partial charge is 0.502 e. The van der Waals surface area contributed by atoms with Crippen LogP contribution in [0.5, 0.6) is 0 Å². The first-order valence-electron chi connectivity index (χ1n) is 11.2. The first kappa shape index (κ1) is 25.6. The van der Waals surface area contributed by atoms with E-state index < -0.39 is 20.2 Å². The van der Waals surface area contributed by atoms with E-state index in [-0.39, 0.29) is 18.2 Å². The van der Waals surface area contributed by atoms with Crippen LogP contribution in [-0.2, 0) is 25.7 Å². The van der Waals surface area contributed by atoms with Gasteiger partial charge in [0.05, 0.1) is 6.10 Å². The van der Waals surface area contributed by atoms with Gasteiger partial charge in [-0.25, -0.2) is 18.4 Å². The molecule has 0 spiro atoms. The van der Waals surface area contributed by atoms with Crippen LogP contribution in [0.25, 0.3) is 11.4 Å². The minimum absolute atomic E-state index is 0.0542. The van der Waals surface area contributed by atoms with Crippen molar-refractivity contribution in [2.75, 3.05) is 6.61 Å². The van der Waals surface area contributed by atoms with Crippen LogP contribution in [0.3, 0.4) is 0 Å². The van der Waals surface area contributed by atoms with Crippen molar-refractivity contribution in [3.8, 4) is 11.4 Å². The molecule has 1 saturated heterocycles. The maximum absolute atomic E-state index is 12.6. The number of benzene rings is 1. The molecule has 1 fully saturated rings. The average molecular weight is 487 g/mol. The first-order chi connectivity index (χ1) is 15.7. The molecule has 2 atom stereocenters. The number of nitrogens with zero attached hydrogens (tertiary/aromatic N) is 2. The van der Waals surface area contributed by atoms with E-state index in [1.807, 2.05) is 12.1 Å². The molecule has 0 radical (unpaired) electrons. The molecule has 0 bridgehead atoms. The molecule has 0 amide bonds. The molecule has 10 heteroatoms. The summed E-state index contributed by atoms with van der Waals surface area (Å²) in [6.07, 6.45) is 9.84. The quantitative estimate of drug-likeness (QED) is 0.414. The molecule has 0 saturated carbocycles. The van der Waals surface area contributed by atoms with Crippen LogP contribution in [0, 0.1) is 0 Å². The second kappa shape index (κ2) is 11.4. The minimum Gasteiger partial charge on any atom is -0.353 e. The van der Waals surface area contributed by atoms with Gasteiger partial charge >= 0.3 is 5.51 Å². The molecule has 1 aromatic carbocycles. The fourth-order valence-electron chi connectivity index (χ4n) is 3.64. The highest BCUT2D eigenvalue weighted by Crippen LogP contribution is 2.30. The molecule has 6 nitrogen and oxygen atoms in total. The maximum Gasteiger partial charge on any atom is 0.502 e. The van der Waals surface area contributed by atoms with Crippen LogP contribution in [0.4, 0.5) is 13.2 Å². The molecule has 1 aromatic heterocycles. The summed E-state index contributed by atoms with van der Waals surface area (Å²) in [5.41, 5.74) is -3.64. The standard InChI is InChI=1S/C23H29F3N2O4S/c1-17(32-21-9-5-6-14-31-21)7-3-2-4-8-18-10-12-19(13-11-18)22-27-15-20(16-28-22)33(29,30)23(24,25)26/h10-13,15-17,21H,2-9,14H2,1H3. The fourth-order valence-corrected chi connectivity index (χ4v) is 4.29. The average Bonchev–Trinajstić information content (AvgIpc) is 2.79. The molecule has 0 aliphatic carbocycles. The van der Waals surface area contributed by atoms with E-state index in [1.54, 1.807) is 12.1 Å². The summed E-state index contributed by atoms with van der Waals surface area (Å²) in [6.45, 7) is 2.87. The Morgan fingerprint density at radius 1 is 1.09 bits per heavy atom. The van der Waals surface area contributed by atoms with E-state index in [0.29, 0.717) is 18.0 Å². The van der Waals surface area contributed by atoms with Gasteiger partial charge in [0, 0.05) is 24.6 Å². The van der Waals surface area contributed by atoms with Crippen LogP contribution >= 0.6 is 0 Å². The lowest BCUT2D eigenvalue weighted by Crippen LogP contribution is -2.26. The third-order valence-corrected chi connectivity index (χ3v) is 6.99. The number of unbranched alkanes of at least 4 members (excludes halogenated alkanes) is 2.